The van der Waals surface area contributed by atoms with Crippen LogP contribution in [-0.2, 0) is 30.3 Å². The van der Waals surface area contributed by atoms with Crippen LogP contribution < -0.4 is 10.6 Å². The molecule has 0 spiro atoms. The zero-order valence-corrected chi connectivity index (χ0v) is 25.2. The van der Waals surface area contributed by atoms with Gasteiger partial charge < -0.3 is 20.1 Å². The molecule has 0 saturated heterocycles. The van der Waals surface area contributed by atoms with Crippen LogP contribution >= 0.6 is 0 Å². The summed E-state index contributed by atoms with van der Waals surface area (Å²) in [6.45, 7) is 10.5. The highest BCUT2D eigenvalue weighted by Gasteiger charge is 2.28. The van der Waals surface area contributed by atoms with Gasteiger partial charge in [-0.3, -0.25) is 14.4 Å². The van der Waals surface area contributed by atoms with Gasteiger partial charge in [0.15, 0.2) is 0 Å². The van der Waals surface area contributed by atoms with Gasteiger partial charge in [-0.25, -0.2) is 4.79 Å². The quantitative estimate of drug-likeness (QED) is 0.284. The molecule has 0 aliphatic heterocycles. The summed E-state index contributed by atoms with van der Waals surface area (Å²) in [6.07, 6.45) is 0.285. The average Bonchev–Trinajstić information content (AvgIpc) is 2.90. The smallest absolute Gasteiger partial charge is 0.329 e. The van der Waals surface area contributed by atoms with Gasteiger partial charge in [0.1, 0.15) is 17.2 Å². The van der Waals surface area contributed by atoms with Crippen molar-refractivity contribution in [3.8, 4) is 11.1 Å². The molecule has 3 aromatic carbocycles. The van der Waals surface area contributed by atoms with Gasteiger partial charge in [0.05, 0.1) is 6.42 Å². The maximum absolute atomic E-state index is 13.0. The van der Waals surface area contributed by atoms with Crippen LogP contribution in [0.25, 0.3) is 11.1 Å². The van der Waals surface area contributed by atoms with Crippen LogP contribution in [0.15, 0.2) is 78.9 Å². The van der Waals surface area contributed by atoms with Gasteiger partial charge in [0.2, 0.25) is 5.91 Å². The Balaban J connectivity index is 1.63. The molecule has 8 heteroatoms. The highest BCUT2D eigenvalue weighted by molar-refractivity contribution is 5.97. The molecule has 2 amide bonds. The molecule has 42 heavy (non-hydrogen) atoms. The van der Waals surface area contributed by atoms with Crippen LogP contribution in [0.4, 0.5) is 5.69 Å². The first-order chi connectivity index (χ1) is 19.7. The topological polar surface area (TPSA) is 111 Å². The number of nitrogens with one attached hydrogen (secondary N) is 2. The van der Waals surface area contributed by atoms with E-state index >= 15 is 0 Å². The van der Waals surface area contributed by atoms with Crippen LogP contribution in [0.2, 0.25) is 0 Å². The SMILES string of the molecule is CC(C)(C)OC(=O)CCC(NC(=O)c1ccc(-c2ccc(NC(=O)Cc3ccccc3)cc2)cc1)C(=O)OC(C)(C)C. The molecule has 0 aromatic heterocycles. The average molecular weight is 573 g/mol. The minimum atomic E-state index is -1.02. The van der Waals surface area contributed by atoms with Gasteiger partial charge in [-0.05, 0) is 88.9 Å². The molecular formula is C34H40N2O6. The number of anilines is 1. The summed E-state index contributed by atoms with van der Waals surface area (Å²) in [7, 11) is 0. The number of carbonyl (C=O) groups is 4. The first kappa shape index (κ1) is 32.1. The summed E-state index contributed by atoms with van der Waals surface area (Å²) in [5.74, 6) is -1.64. The molecule has 0 bridgehead atoms. The maximum Gasteiger partial charge on any atom is 0.329 e. The van der Waals surface area contributed by atoms with Gasteiger partial charge in [0, 0.05) is 17.7 Å². The van der Waals surface area contributed by atoms with E-state index in [2.05, 4.69) is 10.6 Å². The lowest BCUT2D eigenvalue weighted by Crippen LogP contribution is -2.44. The van der Waals surface area contributed by atoms with Crippen molar-refractivity contribution in [2.45, 2.75) is 78.0 Å². The lowest BCUT2D eigenvalue weighted by atomic mass is 10.0. The van der Waals surface area contributed by atoms with Gasteiger partial charge in [-0.15, -0.1) is 0 Å². The molecule has 2 N–H and O–H groups in total. The summed E-state index contributed by atoms with van der Waals surface area (Å²) in [6, 6.07) is 22.9. The van der Waals surface area contributed by atoms with Crippen molar-refractivity contribution < 1.29 is 28.7 Å². The lowest BCUT2D eigenvalue weighted by molar-refractivity contribution is -0.158. The molecule has 0 saturated carbocycles. The van der Waals surface area contributed by atoms with E-state index in [1.165, 1.54) is 0 Å². The first-order valence-corrected chi connectivity index (χ1v) is 14.0. The second-order valence-electron chi connectivity index (χ2n) is 12.0. The molecule has 1 unspecified atom stereocenters. The predicted molar refractivity (Wildman–Crippen MR) is 163 cm³/mol. The van der Waals surface area contributed by atoms with Gasteiger partial charge in [0.25, 0.3) is 5.91 Å². The van der Waals surface area contributed by atoms with Crippen molar-refractivity contribution in [2.75, 3.05) is 5.32 Å². The number of hydrogen-bond donors (Lipinski definition) is 2. The van der Waals surface area contributed by atoms with Crippen molar-refractivity contribution in [3.63, 3.8) is 0 Å². The zero-order valence-electron chi connectivity index (χ0n) is 25.2. The van der Waals surface area contributed by atoms with Crippen molar-refractivity contribution in [2.24, 2.45) is 0 Å². The third kappa shape index (κ3) is 10.8. The number of rotatable bonds is 10. The molecule has 0 aliphatic rings. The van der Waals surface area contributed by atoms with E-state index in [0.717, 1.165) is 16.7 Å². The molecule has 3 aromatic rings. The van der Waals surface area contributed by atoms with E-state index in [1.807, 2.05) is 54.6 Å². The Hall–Kier alpha value is -4.46. The highest BCUT2D eigenvalue weighted by Crippen LogP contribution is 2.23. The largest absolute Gasteiger partial charge is 0.460 e. The van der Waals surface area contributed by atoms with Crippen LogP contribution in [0, 0.1) is 0 Å². The van der Waals surface area contributed by atoms with E-state index < -0.39 is 35.1 Å². The molecule has 0 heterocycles. The summed E-state index contributed by atoms with van der Waals surface area (Å²) in [5, 5.41) is 5.62. The number of ether oxygens (including phenoxy) is 2. The summed E-state index contributed by atoms with van der Waals surface area (Å²) in [5.41, 5.74) is 2.36. The monoisotopic (exact) mass is 572 g/mol. The maximum atomic E-state index is 13.0. The predicted octanol–water partition coefficient (Wildman–Crippen LogP) is 6.10. The Morgan fingerprint density at radius 3 is 1.81 bits per heavy atom. The fourth-order valence-electron chi connectivity index (χ4n) is 4.06. The molecule has 8 nitrogen and oxygen atoms in total. The first-order valence-electron chi connectivity index (χ1n) is 14.0. The number of carbonyl (C=O) groups excluding carboxylic acids is 4. The van der Waals surface area contributed by atoms with E-state index in [1.54, 1.807) is 65.8 Å². The van der Waals surface area contributed by atoms with E-state index in [-0.39, 0.29) is 18.7 Å². The lowest BCUT2D eigenvalue weighted by Gasteiger charge is -2.25. The van der Waals surface area contributed by atoms with Gasteiger partial charge in [-0.2, -0.15) is 0 Å². The van der Waals surface area contributed by atoms with Gasteiger partial charge in [-0.1, -0.05) is 54.6 Å². The third-order valence-electron chi connectivity index (χ3n) is 5.91. The number of hydrogen-bond acceptors (Lipinski definition) is 6. The third-order valence-corrected chi connectivity index (χ3v) is 5.91. The molecule has 1 atom stereocenters. The molecule has 0 radical (unpaired) electrons. The summed E-state index contributed by atoms with van der Waals surface area (Å²) in [4.78, 5) is 50.5. The van der Waals surface area contributed by atoms with Crippen LogP contribution in [0.1, 0.15) is 70.3 Å². The van der Waals surface area contributed by atoms with E-state index in [9.17, 15) is 19.2 Å². The summed E-state index contributed by atoms with van der Waals surface area (Å²) >= 11 is 0. The minimum Gasteiger partial charge on any atom is -0.460 e. The molecule has 0 aliphatic carbocycles. The Labute approximate surface area is 247 Å². The Kier molecular flexibility index (Phi) is 10.6. The zero-order chi connectivity index (χ0) is 30.9. The van der Waals surface area contributed by atoms with E-state index in [0.29, 0.717) is 17.7 Å². The van der Waals surface area contributed by atoms with Crippen molar-refractivity contribution >= 4 is 29.4 Å². The van der Waals surface area contributed by atoms with Crippen LogP contribution in [0.3, 0.4) is 0 Å². The fourth-order valence-corrected chi connectivity index (χ4v) is 4.06. The van der Waals surface area contributed by atoms with Crippen molar-refractivity contribution in [1.29, 1.82) is 0 Å². The minimum absolute atomic E-state index is 0.0435. The molecule has 0 fully saturated rings. The molecular weight excluding hydrogens is 532 g/mol. The van der Waals surface area contributed by atoms with Crippen LogP contribution in [-0.4, -0.2) is 41.0 Å². The Bertz CT molecular complexity index is 1370. The Morgan fingerprint density at radius 1 is 0.714 bits per heavy atom. The number of amides is 2. The second kappa shape index (κ2) is 13.9. The van der Waals surface area contributed by atoms with Gasteiger partial charge >= 0.3 is 11.9 Å². The van der Waals surface area contributed by atoms with Crippen LogP contribution in [0.5, 0.6) is 0 Å². The Morgan fingerprint density at radius 2 is 1.26 bits per heavy atom. The van der Waals surface area contributed by atoms with Crippen molar-refractivity contribution in [3.05, 3.63) is 90.0 Å². The molecule has 222 valence electrons. The van der Waals surface area contributed by atoms with Crippen molar-refractivity contribution in [1.82, 2.24) is 5.32 Å². The fraction of sp³-hybridized carbons (Fsp3) is 0.353. The second-order valence-corrected chi connectivity index (χ2v) is 12.0. The number of benzene rings is 3. The summed E-state index contributed by atoms with van der Waals surface area (Å²) < 4.78 is 10.8. The molecule has 3 rings (SSSR count). The standard InChI is InChI=1S/C34H40N2O6/c1-33(2,3)41-30(38)21-20-28(32(40)42-34(4,5)6)36-31(39)26-14-12-24(13-15-26)25-16-18-27(19-17-25)35-29(37)22-23-10-8-7-9-11-23/h7-19,28H,20-22H2,1-6H3,(H,35,37)(H,36,39). The number of esters is 2. The van der Waals surface area contributed by atoms with E-state index in [4.69, 9.17) is 9.47 Å². The highest BCUT2D eigenvalue weighted by atomic mass is 16.6. The normalized spacial score (nSPS) is 12.1.